The van der Waals surface area contributed by atoms with E-state index in [1.807, 2.05) is 6.92 Å². The Hall–Kier alpha value is -0.0900. The molecule has 0 aliphatic heterocycles. The molecule has 1 atom stereocenters. The molecule has 4 heteroatoms. The van der Waals surface area contributed by atoms with Gasteiger partial charge in [-0.3, -0.25) is 4.79 Å². The number of hydrogen-bond acceptors (Lipinski definition) is 2. The molecule has 1 amide bonds. The lowest BCUT2D eigenvalue weighted by molar-refractivity contribution is -0.118. The lowest BCUT2D eigenvalue weighted by Gasteiger charge is -2.09. The summed E-state index contributed by atoms with van der Waals surface area (Å²) in [6.45, 7) is 3.39. The van der Waals surface area contributed by atoms with Crippen molar-refractivity contribution in [1.29, 1.82) is 0 Å². The third-order valence-electron chi connectivity index (χ3n) is 1.22. The molecule has 0 aliphatic carbocycles. The van der Waals surface area contributed by atoms with Crippen molar-refractivity contribution in [2.45, 2.75) is 6.92 Å². The molecule has 0 aromatic rings. The van der Waals surface area contributed by atoms with Gasteiger partial charge in [-0.2, -0.15) is 0 Å². The standard InChI is InChI=1S/C7H14BrNO2/c1-6(5-11-2)4-9-7(10)3-8/h6H,3-5H2,1-2H3,(H,9,10). The van der Waals surface area contributed by atoms with E-state index in [1.165, 1.54) is 0 Å². The lowest BCUT2D eigenvalue weighted by atomic mass is 10.2. The van der Waals surface area contributed by atoms with Crippen LogP contribution in [0, 0.1) is 5.92 Å². The molecule has 0 fully saturated rings. The Bertz CT molecular complexity index is 119. The maximum absolute atomic E-state index is 10.7. The maximum Gasteiger partial charge on any atom is 0.230 e. The summed E-state index contributed by atoms with van der Waals surface area (Å²) in [5.74, 6) is 0.399. The summed E-state index contributed by atoms with van der Waals surface area (Å²) < 4.78 is 4.91. The van der Waals surface area contributed by atoms with Crippen molar-refractivity contribution in [3.05, 3.63) is 0 Å². The van der Waals surface area contributed by atoms with Crippen molar-refractivity contribution < 1.29 is 9.53 Å². The number of carbonyl (C=O) groups is 1. The summed E-state index contributed by atoms with van der Waals surface area (Å²) in [7, 11) is 1.66. The quantitative estimate of drug-likeness (QED) is 0.701. The molecule has 0 aromatic carbocycles. The third-order valence-corrected chi connectivity index (χ3v) is 1.73. The van der Waals surface area contributed by atoms with Crippen LogP contribution in [0.1, 0.15) is 6.92 Å². The highest BCUT2D eigenvalue weighted by Crippen LogP contribution is 1.92. The van der Waals surface area contributed by atoms with Gasteiger partial charge in [-0.25, -0.2) is 0 Å². The first-order chi connectivity index (χ1) is 5.20. The van der Waals surface area contributed by atoms with Gasteiger partial charge in [-0.05, 0) is 5.92 Å². The molecule has 0 saturated heterocycles. The molecule has 0 aromatic heterocycles. The molecule has 0 saturated carbocycles. The van der Waals surface area contributed by atoms with Crippen LogP contribution in [-0.2, 0) is 9.53 Å². The second kappa shape index (κ2) is 6.61. The van der Waals surface area contributed by atoms with E-state index in [0.29, 0.717) is 24.4 Å². The summed E-state index contributed by atoms with van der Waals surface area (Å²) in [5.41, 5.74) is 0. The van der Waals surface area contributed by atoms with E-state index in [-0.39, 0.29) is 5.91 Å². The number of nitrogens with one attached hydrogen (secondary N) is 1. The van der Waals surface area contributed by atoms with Crippen LogP contribution in [0.2, 0.25) is 0 Å². The van der Waals surface area contributed by atoms with Crippen LogP contribution in [0.25, 0.3) is 0 Å². The predicted octanol–water partition coefficient (Wildman–Crippen LogP) is 0.780. The summed E-state index contributed by atoms with van der Waals surface area (Å²) in [4.78, 5) is 10.7. The minimum absolute atomic E-state index is 0.0213. The van der Waals surface area contributed by atoms with Gasteiger partial charge in [0.1, 0.15) is 0 Å². The first-order valence-electron chi connectivity index (χ1n) is 3.52. The molecule has 0 heterocycles. The lowest BCUT2D eigenvalue weighted by Crippen LogP contribution is -2.30. The molecule has 3 nitrogen and oxygen atoms in total. The number of amides is 1. The van der Waals surface area contributed by atoms with Crippen LogP contribution in [0.15, 0.2) is 0 Å². The van der Waals surface area contributed by atoms with Crippen molar-refractivity contribution >= 4 is 21.8 Å². The summed E-state index contributed by atoms with van der Waals surface area (Å²) in [5, 5.41) is 3.12. The highest BCUT2D eigenvalue weighted by Gasteiger charge is 2.02. The average molecular weight is 224 g/mol. The number of ether oxygens (including phenoxy) is 1. The molecule has 1 unspecified atom stereocenters. The second-order valence-corrected chi connectivity index (χ2v) is 3.06. The van der Waals surface area contributed by atoms with Crippen molar-refractivity contribution in [2.24, 2.45) is 5.92 Å². The van der Waals surface area contributed by atoms with Crippen LogP contribution in [0.5, 0.6) is 0 Å². The van der Waals surface area contributed by atoms with Crippen molar-refractivity contribution in [1.82, 2.24) is 5.32 Å². The first kappa shape index (κ1) is 10.9. The SMILES string of the molecule is COCC(C)CNC(=O)CBr. The average Bonchev–Trinajstić information content (AvgIpc) is 2.01. The van der Waals surface area contributed by atoms with Gasteiger partial charge >= 0.3 is 0 Å². The number of rotatable bonds is 5. The minimum Gasteiger partial charge on any atom is -0.384 e. The zero-order chi connectivity index (χ0) is 8.69. The minimum atomic E-state index is 0.0213. The van der Waals surface area contributed by atoms with Gasteiger partial charge in [0.05, 0.1) is 11.9 Å². The van der Waals surface area contributed by atoms with Gasteiger partial charge in [-0.15, -0.1) is 0 Å². The van der Waals surface area contributed by atoms with E-state index in [1.54, 1.807) is 7.11 Å². The number of alkyl halides is 1. The van der Waals surface area contributed by atoms with Crippen molar-refractivity contribution in [3.63, 3.8) is 0 Å². The van der Waals surface area contributed by atoms with Gasteiger partial charge in [0, 0.05) is 13.7 Å². The summed E-state index contributed by atoms with van der Waals surface area (Å²) >= 11 is 3.06. The van der Waals surface area contributed by atoms with Gasteiger partial charge in [0.15, 0.2) is 0 Å². The Morgan fingerprint density at radius 2 is 2.36 bits per heavy atom. The van der Waals surface area contributed by atoms with Gasteiger partial charge in [0.25, 0.3) is 0 Å². The predicted molar refractivity (Wildman–Crippen MR) is 47.8 cm³/mol. The van der Waals surface area contributed by atoms with Crippen molar-refractivity contribution in [2.75, 3.05) is 25.6 Å². The molecule has 1 N–H and O–H groups in total. The van der Waals surface area contributed by atoms with Crippen LogP contribution in [0.4, 0.5) is 0 Å². The number of carbonyl (C=O) groups excluding carboxylic acids is 1. The molecule has 0 bridgehead atoms. The monoisotopic (exact) mass is 223 g/mol. The molecule has 0 radical (unpaired) electrons. The fourth-order valence-electron chi connectivity index (χ4n) is 0.679. The summed E-state index contributed by atoms with van der Waals surface area (Å²) in [6, 6.07) is 0. The Labute approximate surface area is 75.6 Å². The summed E-state index contributed by atoms with van der Waals surface area (Å²) in [6.07, 6.45) is 0. The number of halogens is 1. The Morgan fingerprint density at radius 3 is 2.82 bits per heavy atom. The van der Waals surface area contributed by atoms with E-state index in [2.05, 4.69) is 21.2 Å². The topological polar surface area (TPSA) is 38.3 Å². The fourth-order valence-corrected chi connectivity index (χ4v) is 0.877. The molecule has 0 spiro atoms. The highest BCUT2D eigenvalue weighted by molar-refractivity contribution is 9.09. The Kier molecular flexibility index (Phi) is 6.56. The van der Waals surface area contributed by atoms with Gasteiger partial charge < -0.3 is 10.1 Å². The Balaban J connectivity index is 3.29. The highest BCUT2D eigenvalue weighted by atomic mass is 79.9. The van der Waals surface area contributed by atoms with Crippen LogP contribution >= 0.6 is 15.9 Å². The Morgan fingerprint density at radius 1 is 1.73 bits per heavy atom. The third kappa shape index (κ3) is 6.31. The van der Waals surface area contributed by atoms with Crippen LogP contribution in [0.3, 0.4) is 0 Å². The van der Waals surface area contributed by atoms with E-state index < -0.39 is 0 Å². The zero-order valence-corrected chi connectivity index (χ0v) is 8.48. The van der Waals surface area contributed by atoms with Gasteiger partial charge in [0.2, 0.25) is 5.91 Å². The molecular weight excluding hydrogens is 210 g/mol. The van der Waals surface area contributed by atoms with Gasteiger partial charge in [-0.1, -0.05) is 22.9 Å². The molecule has 0 aliphatic rings. The van der Waals surface area contributed by atoms with E-state index in [4.69, 9.17) is 4.74 Å². The molecule has 66 valence electrons. The van der Waals surface area contributed by atoms with E-state index in [0.717, 1.165) is 0 Å². The number of methoxy groups -OCH3 is 1. The van der Waals surface area contributed by atoms with Crippen LogP contribution in [-0.4, -0.2) is 31.5 Å². The first-order valence-corrected chi connectivity index (χ1v) is 4.64. The molecular formula is C7H14BrNO2. The molecule has 0 rings (SSSR count). The molecule has 11 heavy (non-hydrogen) atoms. The maximum atomic E-state index is 10.7. The van der Waals surface area contributed by atoms with E-state index in [9.17, 15) is 4.79 Å². The van der Waals surface area contributed by atoms with E-state index >= 15 is 0 Å². The smallest absolute Gasteiger partial charge is 0.230 e. The largest absolute Gasteiger partial charge is 0.384 e. The van der Waals surface area contributed by atoms with Crippen LogP contribution < -0.4 is 5.32 Å². The number of hydrogen-bond donors (Lipinski definition) is 1. The van der Waals surface area contributed by atoms with Crippen molar-refractivity contribution in [3.8, 4) is 0 Å². The second-order valence-electron chi connectivity index (χ2n) is 2.50. The fraction of sp³-hybridized carbons (Fsp3) is 0.857. The normalized spacial score (nSPS) is 12.6. The zero-order valence-electron chi connectivity index (χ0n) is 6.89.